The third-order valence-electron chi connectivity index (χ3n) is 4.95. The predicted octanol–water partition coefficient (Wildman–Crippen LogP) is 3.55. The number of aryl methyl sites for hydroxylation is 1. The second-order valence-electron chi connectivity index (χ2n) is 7.82. The molecule has 2 aromatic heterocycles. The number of nitrogens with zero attached hydrogens (tertiary/aromatic N) is 4. The molecule has 1 aliphatic rings. The zero-order valence-electron chi connectivity index (χ0n) is 19.1. The zero-order valence-corrected chi connectivity index (χ0v) is 19.9. The number of rotatable bonds is 9. The van der Waals surface area contributed by atoms with E-state index in [1.165, 1.54) is 17.5 Å². The Kier molecular flexibility index (Phi) is 7.33. The first kappa shape index (κ1) is 23.6. The molecule has 1 atom stereocenters. The van der Waals surface area contributed by atoms with Gasteiger partial charge in [0.1, 0.15) is 23.3 Å². The summed E-state index contributed by atoms with van der Waals surface area (Å²) in [5.74, 6) is 0.587. The van der Waals surface area contributed by atoms with Gasteiger partial charge in [-0.05, 0) is 32.4 Å². The third-order valence-corrected chi connectivity index (χ3v) is 5.67. The lowest BCUT2D eigenvalue weighted by Crippen LogP contribution is -2.42. The molecule has 34 heavy (non-hydrogen) atoms. The van der Waals surface area contributed by atoms with E-state index in [2.05, 4.69) is 20.3 Å². The van der Waals surface area contributed by atoms with E-state index in [9.17, 15) is 9.59 Å². The minimum Gasteiger partial charge on any atom is -0.488 e. The van der Waals surface area contributed by atoms with E-state index in [0.717, 1.165) is 25.2 Å². The van der Waals surface area contributed by atoms with Crippen molar-refractivity contribution in [2.24, 2.45) is 0 Å². The highest BCUT2D eigenvalue weighted by atomic mass is 32.1. The van der Waals surface area contributed by atoms with Crippen molar-refractivity contribution in [2.75, 3.05) is 32.1 Å². The van der Waals surface area contributed by atoms with E-state index in [4.69, 9.17) is 14.2 Å². The molecule has 1 saturated heterocycles. The smallest absolute Gasteiger partial charge is 0.279 e. The highest BCUT2D eigenvalue weighted by Gasteiger charge is 2.24. The lowest BCUT2D eigenvalue weighted by atomic mass is 10.2. The van der Waals surface area contributed by atoms with Crippen molar-refractivity contribution in [2.45, 2.75) is 26.4 Å². The predicted molar refractivity (Wildman–Crippen MR) is 126 cm³/mol. The summed E-state index contributed by atoms with van der Waals surface area (Å²) in [6, 6.07) is 4.84. The van der Waals surface area contributed by atoms with Gasteiger partial charge in [0.25, 0.3) is 17.0 Å². The lowest BCUT2D eigenvalue weighted by Gasteiger charge is -2.29. The summed E-state index contributed by atoms with van der Waals surface area (Å²) in [6.45, 7) is 5.53. The highest BCUT2D eigenvalue weighted by molar-refractivity contribution is 7.11. The fourth-order valence-electron chi connectivity index (χ4n) is 3.16. The molecule has 0 spiro atoms. The minimum atomic E-state index is -0.402. The number of methoxy groups -OCH3 is 1. The Morgan fingerprint density at radius 3 is 2.65 bits per heavy atom. The van der Waals surface area contributed by atoms with Crippen LogP contribution in [0.4, 0.5) is 5.82 Å². The van der Waals surface area contributed by atoms with Gasteiger partial charge >= 0.3 is 0 Å². The largest absolute Gasteiger partial charge is 0.488 e. The summed E-state index contributed by atoms with van der Waals surface area (Å²) < 4.78 is 16.9. The number of anilines is 1. The fraction of sp³-hybridized carbons (Fsp3) is 0.348. The van der Waals surface area contributed by atoms with Crippen LogP contribution in [-0.2, 0) is 4.74 Å². The molecule has 11 heteroatoms. The van der Waals surface area contributed by atoms with Gasteiger partial charge in [0, 0.05) is 37.2 Å². The Labute approximate surface area is 200 Å². The van der Waals surface area contributed by atoms with Crippen LogP contribution in [0.5, 0.6) is 16.7 Å². The Hall–Kier alpha value is -3.57. The maximum atomic E-state index is 12.9. The summed E-state index contributed by atoms with van der Waals surface area (Å²) in [5, 5.41) is 4.68. The van der Waals surface area contributed by atoms with Gasteiger partial charge in [-0.15, -0.1) is 0 Å². The van der Waals surface area contributed by atoms with Crippen LogP contribution in [0.3, 0.4) is 0 Å². The quantitative estimate of drug-likeness (QED) is 0.491. The molecule has 0 unspecified atom stereocenters. The van der Waals surface area contributed by atoms with Crippen molar-refractivity contribution in [3.05, 3.63) is 52.9 Å². The van der Waals surface area contributed by atoms with Crippen molar-refractivity contribution >= 4 is 29.0 Å². The van der Waals surface area contributed by atoms with Crippen molar-refractivity contribution in [1.29, 1.82) is 0 Å². The van der Waals surface area contributed by atoms with Crippen LogP contribution in [0.2, 0.25) is 0 Å². The first-order valence-electron chi connectivity index (χ1n) is 10.7. The average molecular weight is 484 g/mol. The molecule has 3 heterocycles. The summed E-state index contributed by atoms with van der Waals surface area (Å²) in [4.78, 5) is 39.6. The summed E-state index contributed by atoms with van der Waals surface area (Å²) >= 11 is 1.21. The van der Waals surface area contributed by atoms with Crippen molar-refractivity contribution in [3.8, 4) is 16.7 Å². The number of ether oxygens (including phenoxy) is 3. The third kappa shape index (κ3) is 5.86. The highest BCUT2D eigenvalue weighted by Crippen LogP contribution is 2.31. The monoisotopic (exact) mass is 483 g/mol. The summed E-state index contributed by atoms with van der Waals surface area (Å²) in [5.41, 5.74) is 1.39. The fourth-order valence-corrected chi connectivity index (χ4v) is 3.82. The first-order chi connectivity index (χ1) is 16.4. The number of hydrogen-bond acceptors (Lipinski definition) is 9. The topological polar surface area (TPSA) is 116 Å². The molecule has 1 N–H and O–H groups in total. The summed E-state index contributed by atoms with van der Waals surface area (Å²) in [6.07, 6.45) is 3.81. The van der Waals surface area contributed by atoms with E-state index < -0.39 is 5.91 Å². The molecule has 178 valence electrons. The molecule has 10 nitrogen and oxygen atoms in total. The normalized spacial score (nSPS) is 13.7. The molecule has 1 aliphatic heterocycles. The summed E-state index contributed by atoms with van der Waals surface area (Å²) in [7, 11) is 1.59. The van der Waals surface area contributed by atoms with E-state index in [1.807, 2.05) is 13.8 Å². The lowest BCUT2D eigenvalue weighted by molar-refractivity contribution is 0.0646. The van der Waals surface area contributed by atoms with Gasteiger partial charge in [-0.3, -0.25) is 14.6 Å². The molecule has 0 aliphatic carbocycles. The second kappa shape index (κ2) is 10.6. The van der Waals surface area contributed by atoms with Gasteiger partial charge in [-0.2, -0.15) is 4.98 Å². The van der Waals surface area contributed by atoms with Gasteiger partial charge in [0.05, 0.1) is 24.7 Å². The molecule has 1 fully saturated rings. The van der Waals surface area contributed by atoms with Crippen LogP contribution >= 0.6 is 11.3 Å². The Morgan fingerprint density at radius 2 is 1.97 bits per heavy atom. The molecule has 0 saturated carbocycles. The van der Waals surface area contributed by atoms with E-state index in [0.29, 0.717) is 40.4 Å². The maximum Gasteiger partial charge on any atom is 0.279 e. The number of amides is 2. The number of nitrogens with one attached hydrogen (secondary N) is 1. The molecule has 4 rings (SSSR count). The van der Waals surface area contributed by atoms with Crippen molar-refractivity contribution < 1.29 is 23.8 Å². The molecule has 0 bridgehead atoms. The average Bonchev–Trinajstić information content (AvgIpc) is 3.22. The number of benzene rings is 1. The van der Waals surface area contributed by atoms with Gasteiger partial charge in [-0.25, -0.2) is 4.98 Å². The maximum absolute atomic E-state index is 12.9. The Morgan fingerprint density at radius 1 is 1.18 bits per heavy atom. The van der Waals surface area contributed by atoms with Gasteiger partial charge in [0.15, 0.2) is 5.82 Å². The van der Waals surface area contributed by atoms with Crippen molar-refractivity contribution in [1.82, 2.24) is 19.9 Å². The second-order valence-corrected chi connectivity index (χ2v) is 8.64. The van der Waals surface area contributed by atoms with Crippen LogP contribution in [0.25, 0.3) is 0 Å². The van der Waals surface area contributed by atoms with Crippen LogP contribution in [0, 0.1) is 6.92 Å². The van der Waals surface area contributed by atoms with Crippen LogP contribution in [0.1, 0.15) is 39.9 Å². The van der Waals surface area contributed by atoms with Gasteiger partial charge in [0.2, 0.25) is 0 Å². The van der Waals surface area contributed by atoms with Crippen LogP contribution in [0.15, 0.2) is 36.0 Å². The van der Waals surface area contributed by atoms with Crippen molar-refractivity contribution in [3.63, 3.8) is 0 Å². The van der Waals surface area contributed by atoms with E-state index in [-0.39, 0.29) is 12.0 Å². The number of aromatic nitrogens is 3. The molecule has 2 amide bonds. The number of carbonyl (C=O) groups excluding carboxylic acids is 2. The van der Waals surface area contributed by atoms with Crippen LogP contribution in [-0.4, -0.2) is 64.6 Å². The van der Waals surface area contributed by atoms with E-state index in [1.54, 1.807) is 41.8 Å². The van der Waals surface area contributed by atoms with Gasteiger partial charge in [-0.1, -0.05) is 11.3 Å². The molecular weight excluding hydrogens is 458 g/mol. The minimum absolute atomic E-state index is 0.109. The zero-order chi connectivity index (χ0) is 24.1. The Bertz CT molecular complexity index is 1160. The molecular formula is C23H25N5O5S. The number of thiazole rings is 1. The number of likely N-dealkylation sites (tertiary alicyclic amines) is 1. The first-order valence-corrected chi connectivity index (χ1v) is 11.6. The number of carbonyl (C=O) groups is 2. The molecule has 3 aromatic rings. The van der Waals surface area contributed by atoms with E-state index >= 15 is 0 Å². The SMILES string of the molecule is COC[C@H](C)Oc1cc(Oc2nc(C(=O)N3CCC3)cs2)cc(C(=O)Nc2cnc(C)cn2)c1. The van der Waals surface area contributed by atoms with Gasteiger partial charge < -0.3 is 24.4 Å². The van der Waals surface area contributed by atoms with Crippen LogP contribution < -0.4 is 14.8 Å². The number of hydrogen-bond donors (Lipinski definition) is 1. The Balaban J connectivity index is 1.55. The standard InChI is InChI=1S/C23H25N5O5S/c1-14-10-25-20(11-24-14)27-21(29)16-7-17(32-15(2)12-31-3)9-18(8-16)33-23-26-19(13-34-23)22(30)28-5-4-6-28/h7-11,13,15H,4-6,12H2,1-3H3,(H,25,27,29)/t15-/m0/s1. The molecule has 0 radical (unpaired) electrons. The molecule has 1 aromatic carbocycles.